The van der Waals surface area contributed by atoms with Gasteiger partial charge in [-0.2, -0.15) is 0 Å². The van der Waals surface area contributed by atoms with Gasteiger partial charge in [0.2, 0.25) is 5.28 Å². The summed E-state index contributed by atoms with van der Waals surface area (Å²) < 4.78 is 1.07. The van der Waals surface area contributed by atoms with Crippen LogP contribution < -0.4 is 5.32 Å². The van der Waals surface area contributed by atoms with Crippen molar-refractivity contribution in [1.29, 1.82) is 0 Å². The predicted octanol–water partition coefficient (Wildman–Crippen LogP) is 4.37. The molecular weight excluding hydrogens is 314 g/mol. The standard InChI is InChI=1S/C13H13BrClN3/c1-8-7-16-13(15)18-12(8)17-9(2)10-3-5-11(14)6-4-10/h3-7,9H,1-2H3,(H,16,17,18). The van der Waals surface area contributed by atoms with Crippen molar-refractivity contribution in [3.63, 3.8) is 0 Å². The minimum Gasteiger partial charge on any atom is -0.363 e. The average molecular weight is 327 g/mol. The molecule has 5 heteroatoms. The molecule has 0 saturated carbocycles. The van der Waals surface area contributed by atoms with Crippen LogP contribution in [0.4, 0.5) is 5.82 Å². The maximum absolute atomic E-state index is 5.80. The van der Waals surface area contributed by atoms with Gasteiger partial charge in [-0.25, -0.2) is 9.97 Å². The molecule has 0 fully saturated rings. The van der Waals surface area contributed by atoms with Crippen molar-refractivity contribution in [1.82, 2.24) is 9.97 Å². The Kier molecular flexibility index (Phi) is 4.19. The van der Waals surface area contributed by atoms with Crippen LogP contribution in [-0.2, 0) is 0 Å². The molecule has 2 aromatic rings. The summed E-state index contributed by atoms with van der Waals surface area (Å²) in [5.74, 6) is 0.769. The second-order valence-electron chi connectivity index (χ2n) is 4.09. The monoisotopic (exact) mass is 325 g/mol. The molecule has 0 aliphatic heterocycles. The molecule has 94 valence electrons. The molecule has 0 amide bonds. The zero-order valence-electron chi connectivity index (χ0n) is 10.1. The lowest BCUT2D eigenvalue weighted by Crippen LogP contribution is -2.09. The fourth-order valence-corrected chi connectivity index (χ4v) is 2.00. The van der Waals surface area contributed by atoms with E-state index >= 15 is 0 Å². The van der Waals surface area contributed by atoms with Crippen LogP contribution in [0.15, 0.2) is 34.9 Å². The Bertz CT molecular complexity index is 542. The summed E-state index contributed by atoms with van der Waals surface area (Å²) in [5.41, 5.74) is 2.16. The first-order chi connectivity index (χ1) is 8.56. The Balaban J connectivity index is 2.18. The molecule has 1 aromatic heterocycles. The fraction of sp³-hybridized carbons (Fsp3) is 0.231. The van der Waals surface area contributed by atoms with Crippen LogP contribution in [0.25, 0.3) is 0 Å². The zero-order chi connectivity index (χ0) is 13.1. The molecule has 3 nitrogen and oxygen atoms in total. The third kappa shape index (κ3) is 3.21. The van der Waals surface area contributed by atoms with E-state index in [4.69, 9.17) is 11.6 Å². The Morgan fingerprint density at radius 2 is 1.94 bits per heavy atom. The van der Waals surface area contributed by atoms with E-state index in [2.05, 4.69) is 50.3 Å². The van der Waals surface area contributed by atoms with Crippen LogP contribution in [-0.4, -0.2) is 9.97 Å². The van der Waals surface area contributed by atoms with Gasteiger partial charge in [-0.3, -0.25) is 0 Å². The summed E-state index contributed by atoms with van der Waals surface area (Å²) in [7, 11) is 0. The number of anilines is 1. The highest BCUT2D eigenvalue weighted by molar-refractivity contribution is 9.10. The van der Waals surface area contributed by atoms with Crippen molar-refractivity contribution >= 4 is 33.3 Å². The van der Waals surface area contributed by atoms with Gasteiger partial charge in [-0.1, -0.05) is 28.1 Å². The molecule has 1 heterocycles. The van der Waals surface area contributed by atoms with Gasteiger partial charge < -0.3 is 5.32 Å². The highest BCUT2D eigenvalue weighted by Crippen LogP contribution is 2.22. The van der Waals surface area contributed by atoms with Crippen molar-refractivity contribution in [2.75, 3.05) is 5.32 Å². The molecule has 1 N–H and O–H groups in total. The smallest absolute Gasteiger partial charge is 0.224 e. The largest absolute Gasteiger partial charge is 0.363 e. The van der Waals surface area contributed by atoms with Crippen LogP contribution in [0.3, 0.4) is 0 Å². The first-order valence-electron chi connectivity index (χ1n) is 5.57. The van der Waals surface area contributed by atoms with Gasteiger partial charge >= 0.3 is 0 Å². The molecule has 1 aromatic carbocycles. The van der Waals surface area contributed by atoms with Gasteiger partial charge in [0.05, 0.1) is 0 Å². The summed E-state index contributed by atoms with van der Waals surface area (Å²) in [5, 5.41) is 3.59. The molecule has 0 radical (unpaired) electrons. The van der Waals surface area contributed by atoms with Crippen LogP contribution in [0.2, 0.25) is 5.28 Å². The van der Waals surface area contributed by atoms with E-state index in [1.165, 1.54) is 5.56 Å². The van der Waals surface area contributed by atoms with Crippen molar-refractivity contribution in [2.45, 2.75) is 19.9 Å². The van der Waals surface area contributed by atoms with Gasteiger partial charge in [-0.15, -0.1) is 0 Å². The average Bonchev–Trinajstić information content (AvgIpc) is 2.34. The van der Waals surface area contributed by atoms with E-state index in [-0.39, 0.29) is 11.3 Å². The van der Waals surface area contributed by atoms with Crippen LogP contribution in [0.5, 0.6) is 0 Å². The van der Waals surface area contributed by atoms with Gasteiger partial charge in [0.25, 0.3) is 0 Å². The third-order valence-electron chi connectivity index (χ3n) is 2.67. The molecular formula is C13H13BrClN3. The number of aryl methyl sites for hydroxylation is 1. The van der Waals surface area contributed by atoms with Crippen LogP contribution in [0.1, 0.15) is 24.1 Å². The van der Waals surface area contributed by atoms with E-state index < -0.39 is 0 Å². The summed E-state index contributed by atoms with van der Waals surface area (Å²) in [4.78, 5) is 8.13. The summed E-state index contributed by atoms with van der Waals surface area (Å²) >= 11 is 9.22. The first-order valence-corrected chi connectivity index (χ1v) is 6.74. The fourth-order valence-electron chi connectivity index (χ4n) is 1.61. The summed E-state index contributed by atoms with van der Waals surface area (Å²) in [6.07, 6.45) is 1.71. The number of hydrogen-bond acceptors (Lipinski definition) is 3. The molecule has 0 bridgehead atoms. The lowest BCUT2D eigenvalue weighted by atomic mass is 10.1. The van der Waals surface area contributed by atoms with Gasteiger partial charge in [0.1, 0.15) is 5.82 Å². The van der Waals surface area contributed by atoms with Crippen molar-refractivity contribution in [3.8, 4) is 0 Å². The Morgan fingerprint density at radius 1 is 1.28 bits per heavy atom. The Labute approximate surface area is 120 Å². The molecule has 0 aliphatic carbocycles. The number of aromatic nitrogens is 2. The third-order valence-corrected chi connectivity index (χ3v) is 3.38. The van der Waals surface area contributed by atoms with E-state index in [0.717, 1.165) is 15.9 Å². The highest BCUT2D eigenvalue weighted by atomic mass is 79.9. The second-order valence-corrected chi connectivity index (χ2v) is 5.34. The molecule has 2 rings (SSSR count). The van der Waals surface area contributed by atoms with Crippen molar-refractivity contribution < 1.29 is 0 Å². The normalized spacial score (nSPS) is 12.2. The lowest BCUT2D eigenvalue weighted by molar-refractivity contribution is 0.867. The second kappa shape index (κ2) is 5.67. The number of benzene rings is 1. The molecule has 0 saturated heterocycles. The molecule has 0 aliphatic rings. The van der Waals surface area contributed by atoms with E-state index in [0.29, 0.717) is 0 Å². The molecule has 18 heavy (non-hydrogen) atoms. The number of nitrogens with one attached hydrogen (secondary N) is 1. The van der Waals surface area contributed by atoms with Gasteiger partial charge in [0, 0.05) is 22.3 Å². The van der Waals surface area contributed by atoms with E-state index in [1.807, 2.05) is 19.1 Å². The Morgan fingerprint density at radius 3 is 2.61 bits per heavy atom. The van der Waals surface area contributed by atoms with Gasteiger partial charge in [0.15, 0.2) is 0 Å². The van der Waals surface area contributed by atoms with Crippen LogP contribution >= 0.6 is 27.5 Å². The number of hydrogen-bond donors (Lipinski definition) is 1. The SMILES string of the molecule is Cc1cnc(Cl)nc1NC(C)c1ccc(Br)cc1. The summed E-state index contributed by atoms with van der Waals surface area (Å²) in [6, 6.07) is 8.34. The number of halogens is 2. The molecule has 0 spiro atoms. The molecule has 1 unspecified atom stereocenters. The number of nitrogens with zero attached hydrogens (tertiary/aromatic N) is 2. The van der Waals surface area contributed by atoms with Crippen molar-refractivity contribution in [3.05, 3.63) is 51.3 Å². The van der Waals surface area contributed by atoms with E-state index in [1.54, 1.807) is 6.20 Å². The summed E-state index contributed by atoms with van der Waals surface area (Å²) in [6.45, 7) is 4.03. The van der Waals surface area contributed by atoms with Crippen molar-refractivity contribution in [2.24, 2.45) is 0 Å². The molecule has 1 atom stereocenters. The topological polar surface area (TPSA) is 37.8 Å². The highest BCUT2D eigenvalue weighted by Gasteiger charge is 2.08. The minimum absolute atomic E-state index is 0.155. The zero-order valence-corrected chi connectivity index (χ0v) is 12.5. The predicted molar refractivity (Wildman–Crippen MR) is 78.0 cm³/mol. The maximum atomic E-state index is 5.80. The number of rotatable bonds is 3. The first kappa shape index (κ1) is 13.3. The quantitative estimate of drug-likeness (QED) is 0.851. The van der Waals surface area contributed by atoms with Crippen LogP contribution in [0, 0.1) is 6.92 Å². The van der Waals surface area contributed by atoms with Gasteiger partial charge in [-0.05, 0) is 43.1 Å². The Hall–Kier alpha value is -1.13. The lowest BCUT2D eigenvalue weighted by Gasteiger charge is -2.16. The van der Waals surface area contributed by atoms with E-state index in [9.17, 15) is 0 Å². The minimum atomic E-state index is 0.155. The maximum Gasteiger partial charge on any atom is 0.224 e.